The van der Waals surface area contributed by atoms with Gasteiger partial charge in [-0.15, -0.1) is 0 Å². The van der Waals surface area contributed by atoms with Gasteiger partial charge in [-0.1, -0.05) is 18.2 Å². The zero-order valence-electron chi connectivity index (χ0n) is 11.5. The third kappa shape index (κ3) is 2.32. The molecule has 2 aromatic rings. The second-order valence-electron chi connectivity index (χ2n) is 4.84. The van der Waals surface area contributed by atoms with Crippen LogP contribution in [0.2, 0.25) is 0 Å². The predicted octanol–water partition coefficient (Wildman–Crippen LogP) is 1.33. The van der Waals surface area contributed by atoms with Crippen molar-refractivity contribution in [2.24, 2.45) is 0 Å². The van der Waals surface area contributed by atoms with E-state index in [4.69, 9.17) is 0 Å². The molecule has 0 bridgehead atoms. The molecule has 1 aromatic heterocycles. The third-order valence-corrected chi connectivity index (χ3v) is 3.57. The van der Waals surface area contributed by atoms with E-state index in [0.29, 0.717) is 6.54 Å². The van der Waals surface area contributed by atoms with Crippen LogP contribution in [-0.2, 0) is 11.3 Å². The number of rotatable bonds is 3. The molecule has 1 aromatic carbocycles. The van der Waals surface area contributed by atoms with Gasteiger partial charge in [0.25, 0.3) is 0 Å². The Morgan fingerprint density at radius 1 is 1.35 bits per heavy atom. The zero-order chi connectivity index (χ0) is 13.9. The molecule has 0 spiro atoms. The molecule has 0 radical (unpaired) electrons. The minimum atomic E-state index is -0.262. The number of piperazine rings is 1. The second-order valence-corrected chi connectivity index (χ2v) is 4.84. The van der Waals surface area contributed by atoms with E-state index in [-0.39, 0.29) is 11.9 Å². The molecule has 0 aliphatic carbocycles. The van der Waals surface area contributed by atoms with Gasteiger partial charge in [-0.05, 0) is 24.6 Å². The number of nitrogens with zero attached hydrogens (tertiary/aromatic N) is 2. The maximum absolute atomic E-state index is 11.9. The van der Waals surface area contributed by atoms with Crippen molar-refractivity contribution in [3.05, 3.63) is 42.1 Å². The molecule has 3 rings (SSSR count). The molecule has 20 heavy (non-hydrogen) atoms. The average molecular weight is 270 g/mol. The summed E-state index contributed by atoms with van der Waals surface area (Å²) >= 11 is 0. The molecule has 1 aliphatic heterocycles. The minimum absolute atomic E-state index is 0.0393. The Morgan fingerprint density at radius 3 is 3.05 bits per heavy atom. The highest BCUT2D eigenvalue weighted by Crippen LogP contribution is 2.24. The molecule has 5 nitrogen and oxygen atoms in total. The van der Waals surface area contributed by atoms with E-state index < -0.39 is 0 Å². The van der Waals surface area contributed by atoms with Crippen LogP contribution in [0.5, 0.6) is 0 Å². The molecular formula is C15H18N4O. The number of amides is 1. The fourth-order valence-corrected chi connectivity index (χ4v) is 2.57. The molecule has 1 atom stereocenters. The first kappa shape index (κ1) is 12.9. The van der Waals surface area contributed by atoms with Gasteiger partial charge < -0.3 is 10.6 Å². The molecule has 0 saturated carbocycles. The lowest BCUT2D eigenvalue weighted by atomic mass is 10.0. The van der Waals surface area contributed by atoms with Crippen molar-refractivity contribution in [1.29, 1.82) is 0 Å². The number of nitrogens with one attached hydrogen (secondary N) is 2. The Labute approximate surface area is 118 Å². The molecule has 2 N–H and O–H groups in total. The Morgan fingerprint density at radius 2 is 2.25 bits per heavy atom. The maximum Gasteiger partial charge on any atom is 0.241 e. The summed E-state index contributed by atoms with van der Waals surface area (Å²) in [5.41, 5.74) is 3.15. The molecule has 1 unspecified atom stereocenters. The molecule has 5 heteroatoms. The monoisotopic (exact) mass is 270 g/mol. The Hall–Kier alpha value is -2.14. The molecule has 1 saturated heterocycles. The van der Waals surface area contributed by atoms with E-state index in [0.717, 1.165) is 29.9 Å². The Kier molecular flexibility index (Phi) is 3.52. The van der Waals surface area contributed by atoms with Crippen molar-refractivity contribution < 1.29 is 4.79 Å². The van der Waals surface area contributed by atoms with Crippen molar-refractivity contribution in [2.75, 3.05) is 13.1 Å². The highest BCUT2D eigenvalue weighted by atomic mass is 16.2. The van der Waals surface area contributed by atoms with Crippen molar-refractivity contribution in [1.82, 2.24) is 20.4 Å². The molecule has 1 amide bonds. The van der Waals surface area contributed by atoms with Gasteiger partial charge in [-0.25, -0.2) is 0 Å². The first-order valence-electron chi connectivity index (χ1n) is 6.93. The fraction of sp³-hybridized carbons (Fsp3) is 0.333. The van der Waals surface area contributed by atoms with Crippen molar-refractivity contribution in [2.45, 2.75) is 19.5 Å². The summed E-state index contributed by atoms with van der Waals surface area (Å²) in [6.45, 7) is 4.39. The van der Waals surface area contributed by atoms with E-state index in [1.807, 2.05) is 28.9 Å². The number of aromatic nitrogens is 2. The normalized spacial score (nSPS) is 18.9. The second kappa shape index (κ2) is 5.46. The van der Waals surface area contributed by atoms with E-state index in [1.165, 1.54) is 0 Å². The van der Waals surface area contributed by atoms with Crippen molar-refractivity contribution in [3.8, 4) is 11.3 Å². The lowest BCUT2D eigenvalue weighted by molar-refractivity contribution is -0.124. The summed E-state index contributed by atoms with van der Waals surface area (Å²) in [6.07, 6.45) is 1.80. The lowest BCUT2D eigenvalue weighted by Gasteiger charge is -2.24. The summed E-state index contributed by atoms with van der Waals surface area (Å²) in [5.74, 6) is 0.0393. The summed E-state index contributed by atoms with van der Waals surface area (Å²) in [5, 5.41) is 10.4. The van der Waals surface area contributed by atoms with E-state index in [9.17, 15) is 4.79 Å². The summed E-state index contributed by atoms with van der Waals surface area (Å²) in [6, 6.07) is 9.82. The number of carbonyl (C=O) groups is 1. The Balaban J connectivity index is 1.95. The Bertz CT molecular complexity index is 620. The summed E-state index contributed by atoms with van der Waals surface area (Å²) < 4.78 is 1.95. The quantitative estimate of drug-likeness (QED) is 0.884. The largest absolute Gasteiger partial charge is 0.353 e. The van der Waals surface area contributed by atoms with Gasteiger partial charge in [0.2, 0.25) is 5.91 Å². The topological polar surface area (TPSA) is 59.0 Å². The van der Waals surface area contributed by atoms with Crippen molar-refractivity contribution in [3.63, 3.8) is 0 Å². The highest BCUT2D eigenvalue weighted by molar-refractivity contribution is 5.84. The van der Waals surface area contributed by atoms with Crippen molar-refractivity contribution >= 4 is 5.91 Å². The standard InChI is InChI=1S/C15H18N4O/c1-2-19-13(6-7-18-19)11-4-3-5-12(10-11)14-15(20)17-9-8-16-14/h3-7,10,14,16H,2,8-9H2,1H3,(H,17,20). The van der Waals surface area contributed by atoms with Crippen LogP contribution in [0.25, 0.3) is 11.3 Å². The number of benzene rings is 1. The predicted molar refractivity (Wildman–Crippen MR) is 77.1 cm³/mol. The first-order chi connectivity index (χ1) is 9.79. The zero-order valence-corrected chi connectivity index (χ0v) is 11.5. The molecule has 2 heterocycles. The SMILES string of the molecule is CCn1nccc1-c1cccc(C2NCCNC2=O)c1. The number of hydrogen-bond donors (Lipinski definition) is 2. The van der Waals surface area contributed by atoms with Gasteiger partial charge in [-0.3, -0.25) is 9.48 Å². The number of hydrogen-bond acceptors (Lipinski definition) is 3. The lowest BCUT2D eigenvalue weighted by Crippen LogP contribution is -2.47. The van der Waals surface area contributed by atoms with E-state index >= 15 is 0 Å². The van der Waals surface area contributed by atoms with Gasteiger partial charge in [-0.2, -0.15) is 5.10 Å². The third-order valence-electron chi connectivity index (χ3n) is 3.57. The van der Waals surface area contributed by atoms with Crippen LogP contribution in [0.1, 0.15) is 18.5 Å². The molecule has 1 aliphatic rings. The van der Waals surface area contributed by atoms with Gasteiger partial charge in [0.15, 0.2) is 0 Å². The maximum atomic E-state index is 11.9. The van der Waals surface area contributed by atoms with Gasteiger partial charge >= 0.3 is 0 Å². The average Bonchev–Trinajstić information content (AvgIpc) is 2.96. The fourth-order valence-electron chi connectivity index (χ4n) is 2.57. The summed E-state index contributed by atoms with van der Waals surface area (Å²) in [4.78, 5) is 11.9. The van der Waals surface area contributed by atoms with Gasteiger partial charge in [0.1, 0.15) is 6.04 Å². The van der Waals surface area contributed by atoms with Crippen LogP contribution >= 0.6 is 0 Å². The van der Waals surface area contributed by atoms with Crippen LogP contribution in [0.4, 0.5) is 0 Å². The van der Waals surface area contributed by atoms with Gasteiger partial charge in [0, 0.05) is 31.4 Å². The summed E-state index contributed by atoms with van der Waals surface area (Å²) in [7, 11) is 0. The van der Waals surface area contributed by atoms with Crippen LogP contribution < -0.4 is 10.6 Å². The van der Waals surface area contributed by atoms with Crippen LogP contribution in [0, 0.1) is 0 Å². The number of carbonyl (C=O) groups excluding carboxylic acids is 1. The first-order valence-corrected chi connectivity index (χ1v) is 6.93. The van der Waals surface area contributed by atoms with E-state index in [1.54, 1.807) is 6.20 Å². The molecule has 1 fully saturated rings. The number of aryl methyl sites for hydroxylation is 1. The molecule has 104 valence electrons. The van der Waals surface area contributed by atoms with E-state index in [2.05, 4.69) is 28.7 Å². The van der Waals surface area contributed by atoms with Crippen LogP contribution in [0.3, 0.4) is 0 Å². The minimum Gasteiger partial charge on any atom is -0.353 e. The van der Waals surface area contributed by atoms with Crippen LogP contribution in [0.15, 0.2) is 36.5 Å². The van der Waals surface area contributed by atoms with Gasteiger partial charge in [0.05, 0.1) is 5.69 Å². The highest BCUT2D eigenvalue weighted by Gasteiger charge is 2.23. The molecular weight excluding hydrogens is 252 g/mol. The smallest absolute Gasteiger partial charge is 0.241 e. The van der Waals surface area contributed by atoms with Crippen LogP contribution in [-0.4, -0.2) is 28.8 Å².